The predicted molar refractivity (Wildman–Crippen MR) is 76.7 cm³/mol. The van der Waals surface area contributed by atoms with E-state index >= 15 is 0 Å². The Morgan fingerprint density at radius 2 is 1.72 bits per heavy atom. The van der Waals surface area contributed by atoms with Gasteiger partial charge in [-0.3, -0.25) is 4.79 Å². The smallest absolute Gasteiger partial charge is 0.230 e. The van der Waals surface area contributed by atoms with Gasteiger partial charge < -0.3 is 10.6 Å². The molecule has 106 valence electrons. The van der Waals surface area contributed by atoms with Crippen LogP contribution in [0.2, 0.25) is 0 Å². The van der Waals surface area contributed by atoms with Crippen molar-refractivity contribution in [2.75, 3.05) is 19.6 Å². The van der Waals surface area contributed by atoms with Crippen molar-refractivity contribution in [3.63, 3.8) is 0 Å². The molecular formula is C14H27ClN2O. The summed E-state index contributed by atoms with van der Waals surface area (Å²) in [5.41, 5.74) is 5.57. The Morgan fingerprint density at radius 1 is 1.22 bits per heavy atom. The molecule has 2 rings (SSSR count). The quantitative estimate of drug-likeness (QED) is 0.856. The Kier molecular flexibility index (Phi) is 5.47. The van der Waals surface area contributed by atoms with Gasteiger partial charge in [-0.25, -0.2) is 0 Å². The standard InChI is InChI=1S/C14H26N2O.ClH/c1-3-14(4-2,10-15)13(17)16-8-11-6-5-7-12(11)9-16;/h11-12H,3-10,15H2,1-2H3;1H. The van der Waals surface area contributed by atoms with Crippen molar-refractivity contribution in [2.45, 2.75) is 46.0 Å². The second-order valence-corrected chi connectivity index (χ2v) is 5.85. The van der Waals surface area contributed by atoms with E-state index in [9.17, 15) is 4.79 Å². The number of fused-ring (bicyclic) bond motifs is 1. The fourth-order valence-electron chi connectivity index (χ4n) is 3.66. The van der Waals surface area contributed by atoms with Crippen LogP contribution in [-0.4, -0.2) is 30.4 Å². The van der Waals surface area contributed by atoms with Crippen molar-refractivity contribution in [1.29, 1.82) is 0 Å². The summed E-state index contributed by atoms with van der Waals surface area (Å²) in [6, 6.07) is 0. The SMILES string of the molecule is CCC(CC)(CN)C(=O)N1CC2CCCC2C1.Cl. The number of carbonyl (C=O) groups excluding carboxylic acids is 1. The van der Waals surface area contributed by atoms with Gasteiger partial charge in [-0.15, -0.1) is 12.4 Å². The number of amides is 1. The lowest BCUT2D eigenvalue weighted by Crippen LogP contribution is -2.47. The van der Waals surface area contributed by atoms with Crippen LogP contribution in [-0.2, 0) is 4.79 Å². The molecule has 0 aromatic rings. The van der Waals surface area contributed by atoms with Crippen molar-refractivity contribution >= 4 is 18.3 Å². The maximum absolute atomic E-state index is 12.6. The van der Waals surface area contributed by atoms with E-state index in [4.69, 9.17) is 5.73 Å². The summed E-state index contributed by atoms with van der Waals surface area (Å²) in [5, 5.41) is 0. The van der Waals surface area contributed by atoms with Crippen LogP contribution in [0, 0.1) is 17.3 Å². The van der Waals surface area contributed by atoms with Crippen LogP contribution in [0.4, 0.5) is 0 Å². The molecule has 0 radical (unpaired) electrons. The average molecular weight is 275 g/mol. The van der Waals surface area contributed by atoms with E-state index in [1.807, 2.05) is 0 Å². The molecule has 0 spiro atoms. The lowest BCUT2D eigenvalue weighted by atomic mass is 9.81. The highest BCUT2D eigenvalue weighted by Crippen LogP contribution is 2.40. The van der Waals surface area contributed by atoms with Gasteiger partial charge in [0.2, 0.25) is 5.91 Å². The maximum Gasteiger partial charge on any atom is 0.230 e. The number of nitrogens with zero attached hydrogens (tertiary/aromatic N) is 1. The average Bonchev–Trinajstić information content (AvgIpc) is 2.92. The highest BCUT2D eigenvalue weighted by Gasteiger charge is 2.43. The Morgan fingerprint density at radius 3 is 2.11 bits per heavy atom. The van der Waals surface area contributed by atoms with Gasteiger partial charge in [-0.1, -0.05) is 20.3 Å². The third-order valence-electron chi connectivity index (χ3n) is 5.21. The van der Waals surface area contributed by atoms with Gasteiger partial charge in [0, 0.05) is 19.6 Å². The minimum absolute atomic E-state index is 0. The molecule has 2 aliphatic rings. The first-order chi connectivity index (χ1) is 8.16. The van der Waals surface area contributed by atoms with Gasteiger partial charge in [-0.05, 0) is 37.5 Å². The van der Waals surface area contributed by atoms with E-state index in [-0.39, 0.29) is 17.8 Å². The summed E-state index contributed by atoms with van der Waals surface area (Å²) in [5.74, 6) is 1.88. The third kappa shape index (κ3) is 2.53. The number of likely N-dealkylation sites (tertiary alicyclic amines) is 1. The maximum atomic E-state index is 12.6. The molecule has 0 aromatic heterocycles. The number of halogens is 1. The third-order valence-corrected chi connectivity index (χ3v) is 5.21. The zero-order valence-corrected chi connectivity index (χ0v) is 12.5. The van der Waals surface area contributed by atoms with E-state index in [0.717, 1.165) is 37.8 Å². The Bertz CT molecular complexity index is 271. The van der Waals surface area contributed by atoms with Crippen molar-refractivity contribution < 1.29 is 4.79 Å². The summed E-state index contributed by atoms with van der Waals surface area (Å²) in [6.45, 7) is 6.65. The van der Waals surface area contributed by atoms with E-state index in [2.05, 4.69) is 18.7 Å². The van der Waals surface area contributed by atoms with Gasteiger partial charge in [0.25, 0.3) is 0 Å². The normalized spacial score (nSPS) is 26.9. The molecule has 1 saturated carbocycles. The molecule has 1 aliphatic heterocycles. The molecule has 2 N–H and O–H groups in total. The van der Waals surface area contributed by atoms with Gasteiger partial charge in [0.15, 0.2) is 0 Å². The Balaban J connectivity index is 0.00000162. The Hall–Kier alpha value is -0.280. The molecule has 2 fully saturated rings. The molecule has 1 amide bonds. The highest BCUT2D eigenvalue weighted by molar-refractivity contribution is 5.85. The molecule has 18 heavy (non-hydrogen) atoms. The molecular weight excluding hydrogens is 248 g/mol. The lowest BCUT2D eigenvalue weighted by Gasteiger charge is -2.33. The van der Waals surface area contributed by atoms with Crippen molar-refractivity contribution in [3.05, 3.63) is 0 Å². The van der Waals surface area contributed by atoms with Crippen LogP contribution in [0.1, 0.15) is 46.0 Å². The van der Waals surface area contributed by atoms with Gasteiger partial charge in [0.1, 0.15) is 0 Å². The molecule has 4 heteroatoms. The molecule has 3 nitrogen and oxygen atoms in total. The van der Waals surface area contributed by atoms with Gasteiger partial charge >= 0.3 is 0 Å². The van der Waals surface area contributed by atoms with Gasteiger partial charge in [-0.2, -0.15) is 0 Å². The summed E-state index contributed by atoms with van der Waals surface area (Å²) in [4.78, 5) is 14.7. The summed E-state index contributed by atoms with van der Waals surface area (Å²) in [7, 11) is 0. The predicted octanol–water partition coefficient (Wildman–Crippen LogP) is 2.43. The Labute approximate surface area is 117 Å². The molecule has 0 aromatic carbocycles. The van der Waals surface area contributed by atoms with Crippen LogP contribution in [0.15, 0.2) is 0 Å². The summed E-state index contributed by atoms with van der Waals surface area (Å²) in [6.07, 6.45) is 5.74. The lowest BCUT2D eigenvalue weighted by molar-refractivity contribution is -0.141. The minimum atomic E-state index is -0.293. The molecule has 1 saturated heterocycles. The number of nitrogens with two attached hydrogens (primary N) is 1. The van der Waals surface area contributed by atoms with Crippen LogP contribution in [0.5, 0.6) is 0 Å². The number of hydrogen-bond donors (Lipinski definition) is 1. The minimum Gasteiger partial charge on any atom is -0.342 e. The van der Waals surface area contributed by atoms with Crippen LogP contribution < -0.4 is 5.73 Å². The van der Waals surface area contributed by atoms with E-state index in [0.29, 0.717) is 12.5 Å². The first kappa shape index (κ1) is 15.8. The number of rotatable bonds is 4. The van der Waals surface area contributed by atoms with Crippen LogP contribution in [0.3, 0.4) is 0 Å². The topological polar surface area (TPSA) is 46.3 Å². The number of hydrogen-bond acceptors (Lipinski definition) is 2. The van der Waals surface area contributed by atoms with E-state index < -0.39 is 0 Å². The van der Waals surface area contributed by atoms with Crippen molar-refractivity contribution in [3.8, 4) is 0 Å². The summed E-state index contributed by atoms with van der Waals surface area (Å²) >= 11 is 0. The molecule has 0 bridgehead atoms. The molecule has 1 heterocycles. The monoisotopic (exact) mass is 274 g/mol. The molecule has 2 atom stereocenters. The number of carbonyl (C=O) groups is 1. The second-order valence-electron chi connectivity index (χ2n) is 5.85. The largest absolute Gasteiger partial charge is 0.342 e. The van der Waals surface area contributed by atoms with Crippen LogP contribution >= 0.6 is 12.4 Å². The fraction of sp³-hybridized carbons (Fsp3) is 0.929. The molecule has 2 unspecified atom stereocenters. The molecule has 1 aliphatic carbocycles. The first-order valence-corrected chi connectivity index (χ1v) is 7.16. The van der Waals surface area contributed by atoms with Crippen molar-refractivity contribution in [2.24, 2.45) is 23.0 Å². The van der Waals surface area contributed by atoms with Gasteiger partial charge in [0.05, 0.1) is 5.41 Å². The zero-order chi connectivity index (χ0) is 12.5. The van der Waals surface area contributed by atoms with Crippen molar-refractivity contribution in [1.82, 2.24) is 4.90 Å². The fourth-order valence-corrected chi connectivity index (χ4v) is 3.66. The first-order valence-electron chi connectivity index (χ1n) is 7.16. The van der Waals surface area contributed by atoms with Crippen LogP contribution in [0.25, 0.3) is 0 Å². The van der Waals surface area contributed by atoms with E-state index in [1.165, 1.54) is 19.3 Å². The highest BCUT2D eigenvalue weighted by atomic mass is 35.5. The zero-order valence-electron chi connectivity index (χ0n) is 11.7. The second kappa shape index (κ2) is 6.25. The van der Waals surface area contributed by atoms with E-state index in [1.54, 1.807) is 0 Å². The summed E-state index contributed by atoms with van der Waals surface area (Å²) < 4.78 is 0.